The van der Waals surface area contributed by atoms with E-state index in [1.54, 1.807) is 18.2 Å². The molecule has 0 atom stereocenters. The van der Waals surface area contributed by atoms with Crippen LogP contribution >= 0.6 is 0 Å². The maximum atomic E-state index is 12.5. The molecule has 0 saturated heterocycles. The van der Waals surface area contributed by atoms with Gasteiger partial charge in [0.1, 0.15) is 0 Å². The number of phenols is 2. The molecule has 0 spiro atoms. The maximum absolute atomic E-state index is 12.5. The zero-order chi connectivity index (χ0) is 14.1. The molecule has 0 unspecified atom stereocenters. The lowest BCUT2D eigenvalue weighted by Gasteiger charge is -2.21. The van der Waals surface area contributed by atoms with Gasteiger partial charge in [0, 0.05) is 11.3 Å². The van der Waals surface area contributed by atoms with Gasteiger partial charge in [-0.05, 0) is 24.3 Å². The van der Waals surface area contributed by atoms with Crippen molar-refractivity contribution in [3.8, 4) is 11.5 Å². The number of ketones is 1. The van der Waals surface area contributed by atoms with Crippen molar-refractivity contribution in [2.75, 3.05) is 0 Å². The van der Waals surface area contributed by atoms with Crippen LogP contribution in [-0.2, 0) is 0 Å². The van der Waals surface area contributed by atoms with Gasteiger partial charge in [0.25, 0.3) is 0 Å². The average Bonchev–Trinajstić information content (AvgIpc) is 2.51. The molecule has 0 heterocycles. The smallest absolute Gasteiger partial charge is 0.169 e. The Hall–Kier alpha value is -2.03. The van der Waals surface area contributed by atoms with Gasteiger partial charge >= 0.3 is 0 Å². The number of fused-ring (bicyclic) bond motifs is 1. The van der Waals surface area contributed by atoms with E-state index in [0.29, 0.717) is 5.39 Å². The summed E-state index contributed by atoms with van der Waals surface area (Å²) in [5.74, 6) is -0.528. The van der Waals surface area contributed by atoms with E-state index >= 15 is 0 Å². The van der Waals surface area contributed by atoms with E-state index < -0.39 is 0 Å². The van der Waals surface area contributed by atoms with Crippen LogP contribution in [0.15, 0.2) is 30.3 Å². The number of phenolic OH excluding ortho intramolecular Hbond substituents is 2. The van der Waals surface area contributed by atoms with Crippen LogP contribution in [-0.4, -0.2) is 16.0 Å². The zero-order valence-corrected chi connectivity index (χ0v) is 11.3. The Labute approximate surface area is 117 Å². The molecular formula is C17H18O3. The first kappa shape index (κ1) is 13.0. The van der Waals surface area contributed by atoms with Crippen LogP contribution in [0.25, 0.3) is 10.8 Å². The first-order valence-electron chi connectivity index (χ1n) is 7.16. The van der Waals surface area contributed by atoms with Crippen LogP contribution < -0.4 is 0 Å². The maximum Gasteiger partial charge on any atom is 0.169 e. The molecule has 2 aromatic rings. The van der Waals surface area contributed by atoms with Crippen molar-refractivity contribution < 1.29 is 15.0 Å². The molecule has 1 aliphatic carbocycles. The molecule has 1 aliphatic rings. The number of hydrogen-bond donors (Lipinski definition) is 2. The highest BCUT2D eigenvalue weighted by Crippen LogP contribution is 2.39. The highest BCUT2D eigenvalue weighted by atomic mass is 16.3. The lowest BCUT2D eigenvalue weighted by Crippen LogP contribution is -2.18. The van der Waals surface area contributed by atoms with Gasteiger partial charge < -0.3 is 10.2 Å². The monoisotopic (exact) mass is 270 g/mol. The minimum Gasteiger partial charge on any atom is -0.504 e. The summed E-state index contributed by atoms with van der Waals surface area (Å²) in [6, 6.07) is 8.92. The Bertz CT molecular complexity index is 655. The van der Waals surface area contributed by atoms with Gasteiger partial charge in [0.2, 0.25) is 0 Å². The molecule has 3 nitrogen and oxygen atoms in total. The number of benzene rings is 2. The van der Waals surface area contributed by atoms with Gasteiger partial charge in [-0.1, -0.05) is 43.5 Å². The van der Waals surface area contributed by atoms with Gasteiger partial charge in [-0.3, -0.25) is 4.79 Å². The van der Waals surface area contributed by atoms with Crippen LogP contribution in [0.4, 0.5) is 0 Å². The molecule has 2 aromatic carbocycles. The van der Waals surface area contributed by atoms with Crippen LogP contribution in [0, 0.1) is 5.92 Å². The topological polar surface area (TPSA) is 57.5 Å². The first-order chi connectivity index (χ1) is 9.68. The minimum absolute atomic E-state index is 0.0183. The molecule has 1 saturated carbocycles. The molecule has 3 rings (SSSR count). The Morgan fingerprint density at radius 3 is 2.45 bits per heavy atom. The fourth-order valence-corrected chi connectivity index (χ4v) is 3.09. The lowest BCUT2D eigenvalue weighted by atomic mass is 9.83. The Kier molecular flexibility index (Phi) is 3.35. The van der Waals surface area contributed by atoms with Crippen molar-refractivity contribution in [3.63, 3.8) is 0 Å². The standard InChI is InChI=1S/C17H18O3/c18-15(11-6-2-1-3-7-11)14-10-12-8-4-5-9-13(12)16(19)17(14)20/h4-5,8-11,19-20H,1-3,6-7H2. The Morgan fingerprint density at radius 2 is 1.70 bits per heavy atom. The number of hydrogen-bond acceptors (Lipinski definition) is 3. The summed E-state index contributed by atoms with van der Waals surface area (Å²) in [4.78, 5) is 12.5. The van der Waals surface area contributed by atoms with Gasteiger partial charge in [0.15, 0.2) is 17.3 Å². The third kappa shape index (κ3) is 2.13. The molecule has 1 fully saturated rings. The normalized spacial score (nSPS) is 16.4. The molecular weight excluding hydrogens is 252 g/mol. The lowest BCUT2D eigenvalue weighted by molar-refractivity contribution is 0.0886. The van der Waals surface area contributed by atoms with Crippen LogP contribution in [0.1, 0.15) is 42.5 Å². The van der Waals surface area contributed by atoms with E-state index in [1.165, 1.54) is 6.42 Å². The van der Waals surface area contributed by atoms with Crippen molar-refractivity contribution >= 4 is 16.6 Å². The Morgan fingerprint density at radius 1 is 1.00 bits per heavy atom. The quantitative estimate of drug-likeness (QED) is 0.640. The van der Waals surface area contributed by atoms with Gasteiger partial charge in [-0.25, -0.2) is 0 Å². The van der Waals surface area contributed by atoms with Crippen LogP contribution in [0.3, 0.4) is 0 Å². The van der Waals surface area contributed by atoms with Crippen LogP contribution in [0.2, 0.25) is 0 Å². The van der Waals surface area contributed by atoms with Crippen molar-refractivity contribution in [1.29, 1.82) is 0 Å². The van der Waals surface area contributed by atoms with E-state index in [-0.39, 0.29) is 28.8 Å². The van der Waals surface area contributed by atoms with Gasteiger partial charge in [-0.15, -0.1) is 0 Å². The van der Waals surface area contributed by atoms with E-state index in [1.807, 2.05) is 12.1 Å². The van der Waals surface area contributed by atoms with E-state index in [9.17, 15) is 15.0 Å². The average molecular weight is 270 g/mol. The number of rotatable bonds is 2. The fourth-order valence-electron chi connectivity index (χ4n) is 3.09. The highest BCUT2D eigenvalue weighted by molar-refractivity contribution is 6.06. The van der Waals surface area contributed by atoms with Gasteiger partial charge in [-0.2, -0.15) is 0 Å². The fraction of sp³-hybridized carbons (Fsp3) is 0.353. The summed E-state index contributed by atoms with van der Waals surface area (Å²) in [6.45, 7) is 0. The molecule has 0 bridgehead atoms. The second kappa shape index (κ2) is 5.16. The summed E-state index contributed by atoms with van der Waals surface area (Å²) in [5.41, 5.74) is 0.258. The third-order valence-corrected chi connectivity index (χ3v) is 4.24. The summed E-state index contributed by atoms with van der Waals surface area (Å²) in [6.07, 6.45) is 5.07. The number of aromatic hydroxyl groups is 2. The first-order valence-corrected chi connectivity index (χ1v) is 7.16. The third-order valence-electron chi connectivity index (χ3n) is 4.24. The van der Waals surface area contributed by atoms with E-state index in [4.69, 9.17) is 0 Å². The highest BCUT2D eigenvalue weighted by Gasteiger charge is 2.26. The predicted molar refractivity (Wildman–Crippen MR) is 78.2 cm³/mol. The molecule has 0 amide bonds. The Balaban J connectivity index is 2.06. The molecule has 0 aromatic heterocycles. The summed E-state index contributed by atoms with van der Waals surface area (Å²) < 4.78 is 0. The van der Waals surface area contributed by atoms with Crippen LogP contribution in [0.5, 0.6) is 11.5 Å². The molecule has 0 aliphatic heterocycles. The minimum atomic E-state index is -0.278. The van der Waals surface area contributed by atoms with E-state index in [0.717, 1.165) is 31.1 Å². The van der Waals surface area contributed by atoms with Crippen molar-refractivity contribution in [2.45, 2.75) is 32.1 Å². The molecule has 104 valence electrons. The van der Waals surface area contributed by atoms with E-state index in [2.05, 4.69) is 0 Å². The molecule has 0 radical (unpaired) electrons. The zero-order valence-electron chi connectivity index (χ0n) is 11.3. The second-order valence-electron chi connectivity index (χ2n) is 5.54. The summed E-state index contributed by atoms with van der Waals surface area (Å²) >= 11 is 0. The van der Waals surface area contributed by atoms with Crippen molar-refractivity contribution in [1.82, 2.24) is 0 Å². The predicted octanol–water partition coefficient (Wildman–Crippen LogP) is 4.01. The SMILES string of the molecule is O=C(c1cc2ccccc2c(O)c1O)C1CCCCC1. The molecule has 3 heteroatoms. The molecule has 2 N–H and O–H groups in total. The van der Waals surface area contributed by atoms with Crippen molar-refractivity contribution in [3.05, 3.63) is 35.9 Å². The number of carbonyl (C=O) groups is 1. The van der Waals surface area contributed by atoms with Crippen molar-refractivity contribution in [2.24, 2.45) is 5.92 Å². The number of Topliss-reactive ketones (excluding diaryl/α,β-unsaturated/α-hetero) is 1. The van der Waals surface area contributed by atoms with Gasteiger partial charge in [0.05, 0.1) is 5.56 Å². The summed E-state index contributed by atoms with van der Waals surface area (Å²) in [5, 5.41) is 21.6. The summed E-state index contributed by atoms with van der Waals surface area (Å²) in [7, 11) is 0. The molecule has 20 heavy (non-hydrogen) atoms. The second-order valence-corrected chi connectivity index (χ2v) is 5.54. The number of carbonyl (C=O) groups excluding carboxylic acids is 1. The largest absolute Gasteiger partial charge is 0.504 e.